The van der Waals surface area contributed by atoms with Gasteiger partial charge in [0.25, 0.3) is 0 Å². The number of carbonyl (C=O) groups is 1. The number of rotatable bonds is 6. The Kier molecular flexibility index (Phi) is 6.03. The highest BCUT2D eigenvalue weighted by Gasteiger charge is 2.33. The lowest BCUT2D eigenvalue weighted by molar-refractivity contribution is 0.166. The number of nitrogens with zero attached hydrogens (tertiary/aromatic N) is 1. The van der Waals surface area contributed by atoms with E-state index in [0.29, 0.717) is 12.5 Å². The molecule has 1 amide bonds. The lowest BCUT2D eigenvalue weighted by Gasteiger charge is -2.21. The van der Waals surface area contributed by atoms with Crippen LogP contribution >= 0.6 is 15.9 Å². The average Bonchev–Trinajstić information content (AvgIpc) is 2.61. The maximum atomic E-state index is 11.6. The van der Waals surface area contributed by atoms with Gasteiger partial charge in [0, 0.05) is 10.7 Å². The lowest BCUT2D eigenvalue weighted by atomic mass is 10.1. The van der Waals surface area contributed by atoms with E-state index in [0.717, 1.165) is 17.3 Å². The summed E-state index contributed by atoms with van der Waals surface area (Å²) in [4.78, 5) is 13.3. The molecule has 1 aliphatic rings. The van der Waals surface area contributed by atoms with Crippen molar-refractivity contribution >= 4 is 22.0 Å². The zero-order valence-corrected chi connectivity index (χ0v) is 12.5. The van der Waals surface area contributed by atoms with Crippen molar-refractivity contribution in [1.82, 2.24) is 4.90 Å². The first kappa shape index (κ1) is 14.6. The average molecular weight is 304 g/mol. The number of allylic oxidation sites excluding steroid dienone is 1. The molecule has 1 rings (SSSR count). The van der Waals surface area contributed by atoms with Gasteiger partial charge in [-0.15, -0.1) is 0 Å². The van der Waals surface area contributed by atoms with E-state index in [9.17, 15) is 4.79 Å². The van der Waals surface area contributed by atoms with E-state index in [-0.39, 0.29) is 12.1 Å². The fourth-order valence-corrected chi connectivity index (χ4v) is 2.37. The number of carbonyl (C=O) groups excluding carboxylic acids is 1. The van der Waals surface area contributed by atoms with Crippen molar-refractivity contribution in [2.45, 2.75) is 52.5 Å². The van der Waals surface area contributed by atoms with Crippen molar-refractivity contribution < 1.29 is 9.53 Å². The molecule has 0 radical (unpaired) electrons. The van der Waals surface area contributed by atoms with Gasteiger partial charge in [0.2, 0.25) is 0 Å². The topological polar surface area (TPSA) is 29.5 Å². The van der Waals surface area contributed by atoms with Gasteiger partial charge in [0.15, 0.2) is 0 Å². The lowest BCUT2D eigenvalue weighted by Crippen LogP contribution is -2.32. The van der Waals surface area contributed by atoms with Crippen molar-refractivity contribution in [3.63, 3.8) is 0 Å². The first-order chi connectivity index (χ1) is 8.06. The van der Waals surface area contributed by atoms with Crippen molar-refractivity contribution in [2.24, 2.45) is 5.92 Å². The summed E-state index contributed by atoms with van der Waals surface area (Å²) in [6, 6.07) is 0.168. The number of cyclic esters (lactones) is 1. The van der Waals surface area contributed by atoms with Crippen LogP contribution in [-0.4, -0.2) is 23.6 Å². The summed E-state index contributed by atoms with van der Waals surface area (Å²) in [5.41, 5.74) is 0. The highest BCUT2D eigenvalue weighted by molar-refractivity contribution is 9.11. The van der Waals surface area contributed by atoms with E-state index < -0.39 is 0 Å². The molecule has 0 unspecified atom stereocenters. The van der Waals surface area contributed by atoms with Gasteiger partial charge in [-0.25, -0.2) is 4.79 Å². The van der Waals surface area contributed by atoms with E-state index in [1.165, 1.54) is 12.8 Å². The Balaban J connectivity index is 2.57. The largest absolute Gasteiger partial charge is 0.447 e. The summed E-state index contributed by atoms with van der Waals surface area (Å²) in [6.45, 7) is 6.91. The number of amides is 1. The van der Waals surface area contributed by atoms with E-state index in [1.807, 2.05) is 6.20 Å². The number of ether oxygens (including phenoxy) is 1. The molecular weight excluding hydrogens is 282 g/mol. The predicted molar refractivity (Wildman–Crippen MR) is 73.0 cm³/mol. The third kappa shape index (κ3) is 4.34. The van der Waals surface area contributed by atoms with Crippen molar-refractivity contribution in [1.29, 1.82) is 0 Å². The molecule has 4 heteroatoms. The Labute approximate surface area is 112 Å². The van der Waals surface area contributed by atoms with Crippen molar-refractivity contribution in [3.05, 3.63) is 10.7 Å². The summed E-state index contributed by atoms with van der Waals surface area (Å²) >= 11 is 3.53. The minimum atomic E-state index is -0.226. The van der Waals surface area contributed by atoms with Crippen LogP contribution in [-0.2, 0) is 4.74 Å². The highest BCUT2D eigenvalue weighted by Crippen LogP contribution is 2.24. The van der Waals surface area contributed by atoms with Gasteiger partial charge in [-0.1, -0.05) is 49.5 Å². The van der Waals surface area contributed by atoms with Gasteiger partial charge in [-0.2, -0.15) is 0 Å². The molecule has 17 heavy (non-hydrogen) atoms. The van der Waals surface area contributed by atoms with E-state index in [1.54, 1.807) is 4.90 Å². The third-order valence-electron chi connectivity index (χ3n) is 3.01. The van der Waals surface area contributed by atoms with Crippen LogP contribution in [0.4, 0.5) is 4.79 Å². The van der Waals surface area contributed by atoms with Gasteiger partial charge in [-0.3, -0.25) is 4.90 Å². The molecule has 1 aliphatic heterocycles. The van der Waals surface area contributed by atoms with Gasteiger partial charge < -0.3 is 4.74 Å². The molecule has 1 heterocycles. The summed E-state index contributed by atoms with van der Waals surface area (Å²) in [5.74, 6) is 0.411. The third-order valence-corrected chi connectivity index (χ3v) is 3.61. The van der Waals surface area contributed by atoms with Crippen LogP contribution in [0, 0.1) is 5.92 Å². The van der Waals surface area contributed by atoms with Crippen LogP contribution in [0.1, 0.15) is 46.5 Å². The van der Waals surface area contributed by atoms with Crippen LogP contribution in [0.15, 0.2) is 10.7 Å². The summed E-state index contributed by atoms with van der Waals surface area (Å²) in [7, 11) is 0. The van der Waals surface area contributed by atoms with Gasteiger partial charge >= 0.3 is 6.09 Å². The molecule has 98 valence electrons. The molecule has 0 aromatic carbocycles. The second-order valence-electron chi connectivity index (χ2n) is 4.83. The quantitative estimate of drug-likeness (QED) is 0.685. The number of hydrogen-bond donors (Lipinski definition) is 0. The van der Waals surface area contributed by atoms with E-state index >= 15 is 0 Å². The Bertz CT molecular complexity index is 289. The Morgan fingerprint density at radius 1 is 1.59 bits per heavy atom. The molecule has 3 nitrogen and oxygen atoms in total. The van der Waals surface area contributed by atoms with Crippen LogP contribution in [0.3, 0.4) is 0 Å². The van der Waals surface area contributed by atoms with Gasteiger partial charge in [0.1, 0.15) is 6.61 Å². The maximum Gasteiger partial charge on any atom is 0.414 e. The zero-order valence-electron chi connectivity index (χ0n) is 10.9. The molecule has 0 spiro atoms. The van der Waals surface area contributed by atoms with Crippen LogP contribution in [0.25, 0.3) is 0 Å². The molecule has 0 aromatic rings. The van der Waals surface area contributed by atoms with Crippen molar-refractivity contribution in [2.75, 3.05) is 6.61 Å². The molecule has 1 fully saturated rings. The Morgan fingerprint density at radius 2 is 2.29 bits per heavy atom. The molecule has 0 aliphatic carbocycles. The molecule has 0 bridgehead atoms. The molecular formula is C13H22BrNO2. The first-order valence-electron chi connectivity index (χ1n) is 6.37. The fraction of sp³-hybridized carbons (Fsp3) is 0.769. The molecule has 0 aromatic heterocycles. The normalized spacial score (nSPS) is 21.2. The molecule has 0 N–H and O–H groups in total. The fourth-order valence-electron chi connectivity index (χ4n) is 1.87. The van der Waals surface area contributed by atoms with Crippen LogP contribution in [0.2, 0.25) is 0 Å². The molecule has 1 atom stereocenters. The Hall–Kier alpha value is -0.510. The standard InChI is InChI=1S/C13H22BrNO2/c1-4-5-6-7-11(14)8-15-12(10(2)3)9-17-13(15)16/h8,10,12H,4-7,9H2,1-3H3/b11-8-/t12-/m1/s1. The maximum absolute atomic E-state index is 11.6. The number of hydrogen-bond acceptors (Lipinski definition) is 2. The summed E-state index contributed by atoms with van der Waals surface area (Å²) in [6.07, 6.45) is 6.25. The predicted octanol–water partition coefficient (Wildman–Crippen LogP) is 4.28. The smallest absolute Gasteiger partial charge is 0.414 e. The summed E-state index contributed by atoms with van der Waals surface area (Å²) in [5, 5.41) is 0. The first-order valence-corrected chi connectivity index (χ1v) is 7.16. The second-order valence-corrected chi connectivity index (χ2v) is 5.85. The van der Waals surface area contributed by atoms with Crippen molar-refractivity contribution in [3.8, 4) is 0 Å². The molecule has 1 saturated heterocycles. The monoisotopic (exact) mass is 303 g/mol. The number of halogens is 1. The highest BCUT2D eigenvalue weighted by atomic mass is 79.9. The SMILES string of the molecule is CCCCC/C(Br)=C/N1C(=O)OC[C@@H]1C(C)C. The van der Waals surface area contributed by atoms with Crippen LogP contribution in [0.5, 0.6) is 0 Å². The summed E-state index contributed by atoms with van der Waals surface area (Å²) < 4.78 is 6.17. The minimum absolute atomic E-state index is 0.168. The van der Waals surface area contributed by atoms with Gasteiger partial charge in [0.05, 0.1) is 6.04 Å². The van der Waals surface area contributed by atoms with E-state index in [2.05, 4.69) is 36.7 Å². The molecule has 0 saturated carbocycles. The zero-order chi connectivity index (χ0) is 12.8. The minimum Gasteiger partial charge on any atom is -0.447 e. The van der Waals surface area contributed by atoms with Gasteiger partial charge in [-0.05, 0) is 18.8 Å². The second kappa shape index (κ2) is 7.04. The number of unbranched alkanes of at least 4 members (excludes halogenated alkanes) is 2. The van der Waals surface area contributed by atoms with E-state index in [4.69, 9.17) is 4.74 Å². The Morgan fingerprint density at radius 3 is 2.88 bits per heavy atom. The van der Waals surface area contributed by atoms with Crippen LogP contribution < -0.4 is 0 Å².